The second kappa shape index (κ2) is 8.54. The van der Waals surface area contributed by atoms with Gasteiger partial charge in [-0.2, -0.15) is 4.31 Å². The summed E-state index contributed by atoms with van der Waals surface area (Å²) in [7, 11) is -3.81. The number of hydrogen-bond donors (Lipinski definition) is 1. The van der Waals surface area contributed by atoms with Gasteiger partial charge in [0.1, 0.15) is 6.04 Å². The first kappa shape index (κ1) is 22.1. The fourth-order valence-corrected chi connectivity index (χ4v) is 8.16. The van der Waals surface area contributed by atoms with Gasteiger partial charge in [-0.25, -0.2) is 18.4 Å². The Morgan fingerprint density at radius 2 is 1.81 bits per heavy atom. The van der Waals surface area contributed by atoms with E-state index in [9.17, 15) is 13.2 Å². The minimum absolute atomic E-state index is 0.124. The van der Waals surface area contributed by atoms with Crippen LogP contribution in [0.3, 0.4) is 0 Å². The van der Waals surface area contributed by atoms with Gasteiger partial charge in [-0.3, -0.25) is 4.79 Å². The highest BCUT2D eigenvalue weighted by atomic mass is 35.5. The summed E-state index contributed by atoms with van der Waals surface area (Å²) in [6.45, 7) is 0.293. The third-order valence-corrected chi connectivity index (χ3v) is 10.6. The van der Waals surface area contributed by atoms with Gasteiger partial charge in [-0.15, -0.1) is 11.3 Å². The van der Waals surface area contributed by atoms with Crippen LogP contribution in [0.25, 0.3) is 20.4 Å². The molecular formula is C20H17ClN4O3S4. The molecule has 2 aromatic heterocycles. The number of carbonyl (C=O) groups excluding carboxylic acids is 1. The van der Waals surface area contributed by atoms with Crippen molar-refractivity contribution < 1.29 is 13.2 Å². The molecule has 7 nitrogen and oxygen atoms in total. The van der Waals surface area contributed by atoms with Crippen LogP contribution in [0, 0.1) is 0 Å². The maximum atomic E-state index is 13.1. The van der Waals surface area contributed by atoms with Gasteiger partial charge in [0.15, 0.2) is 9.47 Å². The minimum Gasteiger partial charge on any atom is -0.301 e. The van der Waals surface area contributed by atoms with Crippen molar-refractivity contribution in [3.63, 3.8) is 0 Å². The van der Waals surface area contributed by atoms with Crippen LogP contribution in [0.2, 0.25) is 5.02 Å². The summed E-state index contributed by atoms with van der Waals surface area (Å²) in [6.07, 6.45) is 3.06. The lowest BCUT2D eigenvalue weighted by Crippen LogP contribution is -2.43. The number of thioether (sulfide) groups is 1. The summed E-state index contributed by atoms with van der Waals surface area (Å²) in [6, 6.07) is 9.02. The summed E-state index contributed by atoms with van der Waals surface area (Å²) in [5, 5.41) is 3.75. The number of halogens is 1. The maximum absolute atomic E-state index is 13.1. The van der Waals surface area contributed by atoms with Gasteiger partial charge in [-0.05, 0) is 55.5 Å². The van der Waals surface area contributed by atoms with E-state index in [1.165, 1.54) is 39.9 Å². The Kier molecular flexibility index (Phi) is 5.89. The summed E-state index contributed by atoms with van der Waals surface area (Å²) in [5.74, 6) is -0.371. The van der Waals surface area contributed by atoms with Crippen LogP contribution in [0.15, 0.2) is 45.6 Å². The quantitative estimate of drug-likeness (QED) is 0.366. The van der Waals surface area contributed by atoms with Crippen molar-refractivity contribution in [2.45, 2.75) is 28.1 Å². The van der Waals surface area contributed by atoms with Crippen LogP contribution in [0.1, 0.15) is 12.8 Å². The van der Waals surface area contributed by atoms with Crippen molar-refractivity contribution in [3.8, 4) is 0 Å². The van der Waals surface area contributed by atoms with Gasteiger partial charge in [0.25, 0.3) is 0 Å². The predicted octanol–water partition coefficient (Wildman–Crippen LogP) is 5.07. The van der Waals surface area contributed by atoms with Crippen molar-refractivity contribution in [1.82, 2.24) is 14.3 Å². The number of rotatable bonds is 5. The van der Waals surface area contributed by atoms with Gasteiger partial charge in [0, 0.05) is 11.6 Å². The van der Waals surface area contributed by atoms with Crippen LogP contribution in [0.5, 0.6) is 0 Å². The number of benzene rings is 2. The number of sulfonamides is 1. The number of anilines is 1. The fourth-order valence-electron chi connectivity index (χ4n) is 3.71. The molecule has 166 valence electrons. The fraction of sp³-hybridized carbons (Fsp3) is 0.250. The molecule has 1 saturated heterocycles. The normalized spacial score (nSPS) is 17.4. The minimum atomic E-state index is -3.81. The van der Waals surface area contributed by atoms with Crippen molar-refractivity contribution >= 4 is 87.5 Å². The molecule has 0 saturated carbocycles. The number of thiazole rings is 2. The topological polar surface area (TPSA) is 92.3 Å². The molecule has 3 heterocycles. The first-order valence-electron chi connectivity index (χ1n) is 9.69. The average Bonchev–Trinajstić information content (AvgIpc) is 3.50. The molecule has 32 heavy (non-hydrogen) atoms. The SMILES string of the molecule is CSc1nc2ccc3nc(NC(=O)C4CCCN4S(=O)(=O)c4ccc(Cl)cc4)sc3c2s1. The van der Waals surface area contributed by atoms with Gasteiger partial charge < -0.3 is 5.32 Å². The lowest BCUT2D eigenvalue weighted by Gasteiger charge is -2.23. The van der Waals surface area contributed by atoms with E-state index < -0.39 is 16.1 Å². The Morgan fingerprint density at radius 3 is 2.53 bits per heavy atom. The summed E-state index contributed by atoms with van der Waals surface area (Å²) < 4.78 is 30.5. The Bertz CT molecular complexity index is 1430. The summed E-state index contributed by atoms with van der Waals surface area (Å²) in [4.78, 5) is 22.3. The zero-order valence-corrected chi connectivity index (χ0v) is 20.8. The molecule has 1 aliphatic heterocycles. The molecule has 0 bridgehead atoms. The molecular weight excluding hydrogens is 508 g/mol. The Morgan fingerprint density at radius 1 is 1.12 bits per heavy atom. The van der Waals surface area contributed by atoms with E-state index in [2.05, 4.69) is 15.3 Å². The standard InChI is InChI=1S/C20H17ClN4O3S4/c1-29-20-23-14-9-8-13-16(17(14)31-20)30-19(22-13)24-18(26)15-3-2-10-25(15)32(27,28)12-6-4-11(21)5-7-12/h4-9,15H,2-3,10H2,1H3,(H,22,24,26). The van der Waals surface area contributed by atoms with Crippen LogP contribution < -0.4 is 5.32 Å². The zero-order chi connectivity index (χ0) is 22.5. The molecule has 1 amide bonds. The number of aromatic nitrogens is 2. The second-order valence-corrected chi connectivity index (χ2v) is 12.6. The monoisotopic (exact) mass is 524 g/mol. The molecule has 0 aliphatic carbocycles. The highest BCUT2D eigenvalue weighted by Crippen LogP contribution is 2.38. The number of nitrogens with zero attached hydrogens (tertiary/aromatic N) is 3. The molecule has 0 spiro atoms. The van der Waals surface area contributed by atoms with E-state index in [1.807, 2.05) is 18.4 Å². The molecule has 2 aromatic carbocycles. The zero-order valence-electron chi connectivity index (χ0n) is 16.7. The Hall–Kier alpha value is -1.76. The van der Waals surface area contributed by atoms with Crippen LogP contribution in [-0.2, 0) is 14.8 Å². The van der Waals surface area contributed by atoms with E-state index in [-0.39, 0.29) is 10.8 Å². The lowest BCUT2D eigenvalue weighted by atomic mass is 10.2. The van der Waals surface area contributed by atoms with E-state index in [1.54, 1.807) is 23.1 Å². The lowest BCUT2D eigenvalue weighted by molar-refractivity contribution is -0.119. The smallest absolute Gasteiger partial charge is 0.244 e. The molecule has 0 radical (unpaired) electrons. The third-order valence-electron chi connectivity index (χ3n) is 5.22. The molecule has 1 N–H and O–H groups in total. The van der Waals surface area contributed by atoms with Gasteiger partial charge in [0.2, 0.25) is 15.9 Å². The number of nitrogens with one attached hydrogen (secondary N) is 1. The number of amides is 1. The first-order chi connectivity index (χ1) is 15.4. The van der Waals surface area contributed by atoms with E-state index in [0.717, 1.165) is 24.8 Å². The van der Waals surface area contributed by atoms with Gasteiger partial charge in [0.05, 0.1) is 25.3 Å². The first-order valence-corrected chi connectivity index (χ1v) is 14.4. The summed E-state index contributed by atoms with van der Waals surface area (Å²) >= 11 is 10.5. The van der Waals surface area contributed by atoms with Crippen LogP contribution >= 0.6 is 46.0 Å². The molecule has 5 rings (SSSR count). The third kappa shape index (κ3) is 3.91. The highest BCUT2D eigenvalue weighted by Gasteiger charge is 2.39. The summed E-state index contributed by atoms with van der Waals surface area (Å²) in [5.41, 5.74) is 1.69. The molecule has 1 aliphatic rings. The van der Waals surface area contributed by atoms with Crippen molar-refractivity contribution in [1.29, 1.82) is 0 Å². The van der Waals surface area contributed by atoms with E-state index >= 15 is 0 Å². The maximum Gasteiger partial charge on any atom is 0.244 e. The number of hydrogen-bond acceptors (Lipinski definition) is 8. The largest absolute Gasteiger partial charge is 0.301 e. The van der Waals surface area contributed by atoms with Crippen LogP contribution in [-0.4, -0.2) is 47.4 Å². The van der Waals surface area contributed by atoms with Gasteiger partial charge in [-0.1, -0.05) is 34.7 Å². The molecule has 12 heteroatoms. The van der Waals surface area contributed by atoms with Crippen LogP contribution in [0.4, 0.5) is 5.13 Å². The molecule has 1 unspecified atom stereocenters. The van der Waals surface area contributed by atoms with Crippen molar-refractivity contribution in [2.24, 2.45) is 0 Å². The molecule has 1 atom stereocenters. The second-order valence-electron chi connectivity index (χ2n) is 7.18. The molecule has 4 aromatic rings. The van der Waals surface area contributed by atoms with Crippen molar-refractivity contribution in [3.05, 3.63) is 41.4 Å². The number of fused-ring (bicyclic) bond motifs is 3. The Balaban J connectivity index is 1.41. The van der Waals surface area contributed by atoms with Gasteiger partial charge >= 0.3 is 0 Å². The van der Waals surface area contributed by atoms with Crippen molar-refractivity contribution in [2.75, 3.05) is 18.1 Å². The van der Waals surface area contributed by atoms with E-state index in [0.29, 0.717) is 29.5 Å². The average molecular weight is 525 g/mol. The highest BCUT2D eigenvalue weighted by molar-refractivity contribution is 8.00. The van der Waals surface area contributed by atoms with E-state index in [4.69, 9.17) is 11.6 Å². The molecule has 1 fully saturated rings. The number of carbonyl (C=O) groups is 1. The predicted molar refractivity (Wildman–Crippen MR) is 132 cm³/mol. The Labute approximate surface area is 201 Å².